The molecule has 1 aromatic carbocycles. The second kappa shape index (κ2) is 9.00. The molecule has 1 aromatic heterocycles. The zero-order valence-corrected chi connectivity index (χ0v) is 14.3. The minimum absolute atomic E-state index is 0. The number of aromatic nitrogens is 1. The third kappa shape index (κ3) is 5.28. The number of aryl methyl sites for hydroxylation is 2. The number of benzene rings is 1. The molecule has 2 aromatic rings. The van der Waals surface area contributed by atoms with E-state index in [1.807, 2.05) is 44.2 Å². The van der Waals surface area contributed by atoms with Gasteiger partial charge in [-0.25, -0.2) is 4.98 Å². The maximum Gasteiger partial charge on any atom is 0.241 e. The van der Waals surface area contributed by atoms with Gasteiger partial charge in [0.1, 0.15) is 6.04 Å². The minimum Gasteiger partial charge on any atom is -0.349 e. The van der Waals surface area contributed by atoms with Crippen LogP contribution in [0.25, 0.3) is 0 Å². The molecule has 0 saturated heterocycles. The lowest BCUT2D eigenvalue weighted by atomic mass is 10.1. The van der Waals surface area contributed by atoms with Crippen LogP contribution in [0.5, 0.6) is 0 Å². The second-order valence-corrected chi connectivity index (χ2v) is 5.64. The van der Waals surface area contributed by atoms with Crippen molar-refractivity contribution in [3.8, 4) is 0 Å². The van der Waals surface area contributed by atoms with Crippen LogP contribution in [0.2, 0.25) is 0 Å². The predicted molar refractivity (Wildman–Crippen MR) is 91.3 cm³/mol. The highest BCUT2D eigenvalue weighted by Gasteiger charge is 2.15. The summed E-state index contributed by atoms with van der Waals surface area (Å²) in [6, 6.07) is 8.73. The van der Waals surface area contributed by atoms with Crippen LogP contribution >= 0.6 is 36.2 Å². The SMILES string of the molecule is Cc1nc(C)c(CNC(=O)C(N)c2ccccc2)s1.Cl.Cl. The van der Waals surface area contributed by atoms with Crippen molar-refractivity contribution in [2.24, 2.45) is 5.73 Å². The molecular weight excluding hydrogens is 329 g/mol. The third-order valence-electron chi connectivity index (χ3n) is 2.86. The molecule has 1 atom stereocenters. The van der Waals surface area contributed by atoms with Crippen LogP contribution in [0.15, 0.2) is 30.3 Å². The second-order valence-electron chi connectivity index (χ2n) is 4.35. The maximum atomic E-state index is 12.0. The number of nitrogens with two attached hydrogens (primary N) is 1. The molecule has 21 heavy (non-hydrogen) atoms. The van der Waals surface area contributed by atoms with Gasteiger partial charge in [-0.3, -0.25) is 4.79 Å². The van der Waals surface area contributed by atoms with Gasteiger partial charge in [0.05, 0.1) is 17.2 Å². The molecule has 7 heteroatoms. The summed E-state index contributed by atoms with van der Waals surface area (Å²) in [4.78, 5) is 17.4. The highest BCUT2D eigenvalue weighted by Crippen LogP contribution is 2.17. The molecule has 1 amide bonds. The number of carbonyl (C=O) groups excluding carboxylic acids is 1. The number of nitrogens with zero attached hydrogens (tertiary/aromatic N) is 1. The molecule has 116 valence electrons. The fraction of sp³-hybridized carbons (Fsp3) is 0.286. The van der Waals surface area contributed by atoms with Gasteiger partial charge in [0, 0.05) is 4.88 Å². The van der Waals surface area contributed by atoms with Crippen molar-refractivity contribution in [3.05, 3.63) is 51.5 Å². The Bertz CT molecular complexity index is 575. The van der Waals surface area contributed by atoms with Crippen molar-refractivity contribution in [2.45, 2.75) is 26.4 Å². The number of hydrogen-bond acceptors (Lipinski definition) is 4. The summed E-state index contributed by atoms with van der Waals surface area (Å²) in [5.41, 5.74) is 7.71. The van der Waals surface area contributed by atoms with E-state index in [0.29, 0.717) is 6.54 Å². The molecule has 0 spiro atoms. The molecule has 0 aliphatic rings. The topological polar surface area (TPSA) is 68.0 Å². The molecule has 0 aliphatic heterocycles. The van der Waals surface area contributed by atoms with Gasteiger partial charge in [0.15, 0.2) is 0 Å². The summed E-state index contributed by atoms with van der Waals surface area (Å²) in [5, 5.41) is 3.87. The minimum atomic E-state index is -0.629. The highest BCUT2D eigenvalue weighted by molar-refractivity contribution is 7.11. The van der Waals surface area contributed by atoms with Gasteiger partial charge < -0.3 is 11.1 Å². The van der Waals surface area contributed by atoms with Crippen molar-refractivity contribution >= 4 is 42.1 Å². The number of carbonyl (C=O) groups is 1. The van der Waals surface area contributed by atoms with E-state index >= 15 is 0 Å². The smallest absolute Gasteiger partial charge is 0.241 e. The summed E-state index contributed by atoms with van der Waals surface area (Å²) in [5.74, 6) is -0.170. The first-order valence-electron chi connectivity index (χ1n) is 6.09. The Morgan fingerprint density at radius 1 is 1.29 bits per heavy atom. The van der Waals surface area contributed by atoms with E-state index in [9.17, 15) is 4.79 Å². The molecular formula is C14H19Cl2N3OS. The van der Waals surface area contributed by atoms with Crippen molar-refractivity contribution in [3.63, 3.8) is 0 Å². The van der Waals surface area contributed by atoms with Crippen molar-refractivity contribution in [1.29, 1.82) is 0 Å². The highest BCUT2D eigenvalue weighted by atomic mass is 35.5. The average Bonchev–Trinajstić information content (AvgIpc) is 2.74. The van der Waals surface area contributed by atoms with Crippen molar-refractivity contribution in [1.82, 2.24) is 10.3 Å². The van der Waals surface area contributed by atoms with Crippen LogP contribution in [-0.2, 0) is 11.3 Å². The quantitative estimate of drug-likeness (QED) is 0.893. The van der Waals surface area contributed by atoms with Gasteiger partial charge in [-0.1, -0.05) is 30.3 Å². The Balaban J connectivity index is 0.00000200. The molecule has 0 radical (unpaired) electrons. The summed E-state index contributed by atoms with van der Waals surface area (Å²) in [6.07, 6.45) is 0. The van der Waals surface area contributed by atoms with E-state index < -0.39 is 6.04 Å². The molecule has 2 rings (SSSR count). The van der Waals surface area contributed by atoms with Crippen LogP contribution in [-0.4, -0.2) is 10.9 Å². The average molecular weight is 348 g/mol. The summed E-state index contributed by atoms with van der Waals surface area (Å²) >= 11 is 1.60. The van der Waals surface area contributed by atoms with Crippen molar-refractivity contribution in [2.75, 3.05) is 0 Å². The molecule has 3 N–H and O–H groups in total. The monoisotopic (exact) mass is 347 g/mol. The lowest BCUT2D eigenvalue weighted by Crippen LogP contribution is -2.33. The van der Waals surface area contributed by atoms with Crippen molar-refractivity contribution < 1.29 is 4.79 Å². The normalized spacial score (nSPS) is 11.0. The van der Waals surface area contributed by atoms with Crippen LogP contribution in [0.1, 0.15) is 27.2 Å². The fourth-order valence-corrected chi connectivity index (χ4v) is 2.70. The molecule has 1 unspecified atom stereocenters. The molecule has 0 bridgehead atoms. The van der Waals surface area contributed by atoms with Crippen LogP contribution < -0.4 is 11.1 Å². The number of thiazole rings is 1. The third-order valence-corrected chi connectivity index (χ3v) is 3.94. The largest absolute Gasteiger partial charge is 0.349 e. The van der Waals surface area contributed by atoms with E-state index in [1.165, 1.54) is 0 Å². The summed E-state index contributed by atoms with van der Waals surface area (Å²) < 4.78 is 0. The van der Waals surface area contributed by atoms with Gasteiger partial charge in [0.25, 0.3) is 0 Å². The first kappa shape index (κ1) is 19.9. The number of nitrogens with one attached hydrogen (secondary N) is 1. The van der Waals surface area contributed by atoms with E-state index in [1.54, 1.807) is 11.3 Å². The summed E-state index contributed by atoms with van der Waals surface area (Å²) in [6.45, 7) is 4.39. The maximum absolute atomic E-state index is 12.0. The van der Waals surface area contributed by atoms with E-state index in [-0.39, 0.29) is 30.7 Å². The molecule has 4 nitrogen and oxygen atoms in total. The zero-order valence-electron chi connectivity index (χ0n) is 11.8. The van der Waals surface area contributed by atoms with Gasteiger partial charge in [-0.05, 0) is 19.4 Å². The predicted octanol–water partition coefficient (Wildman–Crippen LogP) is 2.92. The molecule has 1 heterocycles. The molecule has 0 aliphatic carbocycles. The number of rotatable bonds is 4. The van der Waals surface area contributed by atoms with Crippen LogP contribution in [0.4, 0.5) is 0 Å². The Labute approximate surface area is 141 Å². The van der Waals surface area contributed by atoms with Crippen LogP contribution in [0.3, 0.4) is 0 Å². The number of halogens is 2. The Morgan fingerprint density at radius 3 is 2.43 bits per heavy atom. The molecule has 0 saturated carbocycles. The zero-order chi connectivity index (χ0) is 13.8. The van der Waals surface area contributed by atoms with Gasteiger partial charge in [-0.15, -0.1) is 36.2 Å². The Morgan fingerprint density at radius 2 is 1.90 bits per heavy atom. The Hall–Kier alpha value is -1.14. The lowest BCUT2D eigenvalue weighted by Gasteiger charge is -2.12. The first-order valence-corrected chi connectivity index (χ1v) is 6.90. The van der Waals surface area contributed by atoms with Crippen LogP contribution in [0, 0.1) is 13.8 Å². The summed E-state index contributed by atoms with van der Waals surface area (Å²) in [7, 11) is 0. The lowest BCUT2D eigenvalue weighted by molar-refractivity contribution is -0.122. The van der Waals surface area contributed by atoms with Gasteiger partial charge in [-0.2, -0.15) is 0 Å². The Kier molecular flexibility index (Phi) is 8.51. The van der Waals surface area contributed by atoms with Gasteiger partial charge in [0.2, 0.25) is 5.91 Å². The number of amides is 1. The van der Waals surface area contributed by atoms with E-state index in [0.717, 1.165) is 21.1 Å². The van der Waals surface area contributed by atoms with E-state index in [4.69, 9.17) is 5.73 Å². The molecule has 0 fully saturated rings. The standard InChI is InChI=1S/C14H17N3OS.2ClH/c1-9-12(19-10(2)17-9)8-16-14(18)13(15)11-6-4-3-5-7-11;;/h3-7,13H,8,15H2,1-2H3,(H,16,18);2*1H. The number of hydrogen-bond donors (Lipinski definition) is 2. The fourth-order valence-electron chi connectivity index (χ4n) is 1.83. The first-order chi connectivity index (χ1) is 9.08. The van der Waals surface area contributed by atoms with Gasteiger partial charge >= 0.3 is 0 Å². The van der Waals surface area contributed by atoms with E-state index in [2.05, 4.69) is 10.3 Å².